The molecular formula is C8H14O2. The van der Waals surface area contributed by atoms with Gasteiger partial charge in [0.25, 0.3) is 0 Å². The Labute approximate surface area is 61.9 Å². The highest BCUT2D eigenvalue weighted by molar-refractivity contribution is 5.82. The number of hydrogen-bond donors (Lipinski definition) is 0. The van der Waals surface area contributed by atoms with Gasteiger partial charge >= 0.3 is 0 Å². The summed E-state index contributed by atoms with van der Waals surface area (Å²) in [5, 5.41) is 0. The second-order valence-corrected chi connectivity index (χ2v) is 2.17. The lowest BCUT2D eigenvalue weighted by molar-refractivity contribution is -0.127. The molecule has 0 N–H and O–H groups in total. The maximum Gasteiger partial charge on any atom is 0.161 e. The molecule has 0 amide bonds. The molecule has 0 aromatic rings. The van der Waals surface area contributed by atoms with Gasteiger partial charge in [0.15, 0.2) is 5.78 Å². The maximum atomic E-state index is 11.0. The number of Topliss-reactive ketones (excluding diaryl/α,β-unsaturated/α-hetero) is 1. The molecule has 0 aromatic heterocycles. The van der Waals surface area contributed by atoms with E-state index in [1.54, 1.807) is 13.0 Å². The molecule has 0 fully saturated rings. The van der Waals surface area contributed by atoms with Crippen molar-refractivity contribution in [1.82, 2.24) is 0 Å². The van der Waals surface area contributed by atoms with Crippen molar-refractivity contribution in [3.63, 3.8) is 0 Å². The zero-order valence-electron chi connectivity index (χ0n) is 6.59. The summed E-state index contributed by atoms with van der Waals surface area (Å²) < 4.78 is 4.83. The van der Waals surface area contributed by atoms with Gasteiger partial charge in [-0.05, 0) is 13.3 Å². The van der Waals surface area contributed by atoms with E-state index in [-0.39, 0.29) is 11.9 Å². The van der Waals surface area contributed by atoms with Crippen LogP contribution in [0.3, 0.4) is 0 Å². The number of allylic oxidation sites excluding steroid dienone is 1. The van der Waals surface area contributed by atoms with Crippen molar-refractivity contribution in [1.29, 1.82) is 0 Å². The van der Waals surface area contributed by atoms with Crippen LogP contribution in [0.2, 0.25) is 0 Å². The van der Waals surface area contributed by atoms with Crippen LogP contribution in [-0.4, -0.2) is 19.0 Å². The average Bonchev–Trinajstić information content (AvgIpc) is 1.98. The minimum absolute atomic E-state index is 0.141. The lowest BCUT2D eigenvalue weighted by Crippen LogP contribution is -2.18. The van der Waals surface area contributed by atoms with E-state index in [1.165, 1.54) is 7.11 Å². The van der Waals surface area contributed by atoms with Crippen molar-refractivity contribution < 1.29 is 9.53 Å². The zero-order valence-corrected chi connectivity index (χ0v) is 6.59. The van der Waals surface area contributed by atoms with Gasteiger partial charge in [0.05, 0.1) is 0 Å². The van der Waals surface area contributed by atoms with Gasteiger partial charge in [-0.1, -0.05) is 6.08 Å². The first kappa shape index (κ1) is 9.37. The highest BCUT2D eigenvalue weighted by Gasteiger charge is 2.08. The van der Waals surface area contributed by atoms with Crippen LogP contribution in [0.1, 0.15) is 19.8 Å². The van der Waals surface area contributed by atoms with Crippen LogP contribution in [0.5, 0.6) is 0 Å². The molecule has 0 aliphatic carbocycles. The minimum Gasteiger partial charge on any atom is -0.374 e. The standard InChI is InChI=1S/C8H14O2/c1-4-5-6-8(9)7(2)10-3/h4,7H,1,5-6H2,2-3H3. The van der Waals surface area contributed by atoms with E-state index < -0.39 is 0 Å². The molecule has 58 valence electrons. The van der Waals surface area contributed by atoms with E-state index in [0.717, 1.165) is 6.42 Å². The number of ether oxygens (including phenoxy) is 1. The molecule has 0 spiro atoms. The van der Waals surface area contributed by atoms with E-state index in [4.69, 9.17) is 4.74 Å². The van der Waals surface area contributed by atoms with Crippen molar-refractivity contribution >= 4 is 5.78 Å². The Kier molecular flexibility index (Phi) is 4.85. The summed E-state index contributed by atoms with van der Waals surface area (Å²) in [6, 6.07) is 0. The van der Waals surface area contributed by atoms with Crippen LogP contribution in [0.25, 0.3) is 0 Å². The summed E-state index contributed by atoms with van der Waals surface area (Å²) in [4.78, 5) is 11.0. The molecule has 0 heterocycles. The topological polar surface area (TPSA) is 26.3 Å². The van der Waals surface area contributed by atoms with Gasteiger partial charge in [0.1, 0.15) is 6.10 Å². The Morgan fingerprint density at radius 3 is 2.80 bits per heavy atom. The van der Waals surface area contributed by atoms with Crippen molar-refractivity contribution in [2.45, 2.75) is 25.9 Å². The normalized spacial score (nSPS) is 12.6. The van der Waals surface area contributed by atoms with Gasteiger partial charge in [-0.3, -0.25) is 4.79 Å². The van der Waals surface area contributed by atoms with E-state index in [2.05, 4.69) is 6.58 Å². The molecule has 0 aliphatic heterocycles. The quantitative estimate of drug-likeness (QED) is 0.544. The van der Waals surface area contributed by atoms with E-state index >= 15 is 0 Å². The van der Waals surface area contributed by atoms with Crippen LogP contribution >= 0.6 is 0 Å². The first-order chi connectivity index (χ1) is 4.72. The molecule has 0 aromatic carbocycles. The highest BCUT2D eigenvalue weighted by atomic mass is 16.5. The summed E-state index contributed by atoms with van der Waals surface area (Å²) in [6.07, 6.45) is 2.76. The van der Waals surface area contributed by atoms with Crippen molar-refractivity contribution in [2.75, 3.05) is 7.11 Å². The monoisotopic (exact) mass is 142 g/mol. The molecule has 0 saturated heterocycles. The molecule has 0 aliphatic rings. The third-order valence-corrected chi connectivity index (χ3v) is 1.40. The van der Waals surface area contributed by atoms with Gasteiger partial charge < -0.3 is 4.74 Å². The molecule has 0 rings (SSSR count). The lowest BCUT2D eigenvalue weighted by Gasteiger charge is -2.05. The van der Waals surface area contributed by atoms with Gasteiger partial charge in [-0.25, -0.2) is 0 Å². The van der Waals surface area contributed by atoms with Crippen molar-refractivity contribution in [3.05, 3.63) is 12.7 Å². The molecule has 0 bridgehead atoms. The Bertz CT molecular complexity index is 118. The van der Waals surface area contributed by atoms with Crippen LogP contribution in [0, 0.1) is 0 Å². The molecular weight excluding hydrogens is 128 g/mol. The SMILES string of the molecule is C=CCCC(=O)C(C)OC. The molecule has 1 atom stereocenters. The van der Waals surface area contributed by atoms with Crippen LogP contribution in [0.15, 0.2) is 12.7 Å². The fraction of sp³-hybridized carbons (Fsp3) is 0.625. The lowest BCUT2D eigenvalue weighted by atomic mass is 10.1. The van der Waals surface area contributed by atoms with Crippen LogP contribution in [0.4, 0.5) is 0 Å². The number of ketones is 1. The third kappa shape index (κ3) is 3.41. The first-order valence-electron chi connectivity index (χ1n) is 3.38. The summed E-state index contributed by atoms with van der Waals surface area (Å²) in [5.74, 6) is 0.141. The van der Waals surface area contributed by atoms with Gasteiger partial charge in [-0.15, -0.1) is 6.58 Å². The van der Waals surface area contributed by atoms with Gasteiger partial charge in [0.2, 0.25) is 0 Å². The number of carbonyl (C=O) groups is 1. The molecule has 0 saturated carbocycles. The second kappa shape index (κ2) is 5.18. The average molecular weight is 142 g/mol. The number of methoxy groups -OCH3 is 1. The number of rotatable bonds is 5. The Morgan fingerprint density at radius 2 is 2.40 bits per heavy atom. The van der Waals surface area contributed by atoms with Gasteiger partial charge in [-0.2, -0.15) is 0 Å². The van der Waals surface area contributed by atoms with E-state index in [9.17, 15) is 4.79 Å². The fourth-order valence-electron chi connectivity index (χ4n) is 0.579. The summed E-state index contributed by atoms with van der Waals surface area (Å²) in [7, 11) is 1.54. The van der Waals surface area contributed by atoms with Crippen LogP contribution in [-0.2, 0) is 9.53 Å². The summed E-state index contributed by atoms with van der Waals surface area (Å²) >= 11 is 0. The molecule has 10 heavy (non-hydrogen) atoms. The maximum absolute atomic E-state index is 11.0. The Hall–Kier alpha value is -0.630. The second-order valence-electron chi connectivity index (χ2n) is 2.17. The zero-order chi connectivity index (χ0) is 7.98. The first-order valence-corrected chi connectivity index (χ1v) is 3.38. The van der Waals surface area contributed by atoms with Gasteiger partial charge in [0, 0.05) is 13.5 Å². The molecule has 1 unspecified atom stereocenters. The summed E-state index contributed by atoms with van der Waals surface area (Å²) in [6.45, 7) is 5.28. The van der Waals surface area contributed by atoms with E-state index in [0.29, 0.717) is 6.42 Å². The van der Waals surface area contributed by atoms with Crippen molar-refractivity contribution in [2.24, 2.45) is 0 Å². The Balaban J connectivity index is 3.51. The smallest absolute Gasteiger partial charge is 0.161 e. The van der Waals surface area contributed by atoms with Crippen LogP contribution < -0.4 is 0 Å². The predicted molar refractivity (Wildman–Crippen MR) is 40.9 cm³/mol. The largest absolute Gasteiger partial charge is 0.374 e. The molecule has 0 radical (unpaired) electrons. The third-order valence-electron chi connectivity index (χ3n) is 1.40. The minimum atomic E-state index is -0.264. The summed E-state index contributed by atoms with van der Waals surface area (Å²) in [5.41, 5.74) is 0. The Morgan fingerprint density at radius 1 is 1.80 bits per heavy atom. The number of hydrogen-bond acceptors (Lipinski definition) is 2. The van der Waals surface area contributed by atoms with Crippen molar-refractivity contribution in [3.8, 4) is 0 Å². The molecule has 2 nitrogen and oxygen atoms in total. The van der Waals surface area contributed by atoms with E-state index in [1.807, 2.05) is 0 Å². The highest BCUT2D eigenvalue weighted by Crippen LogP contribution is 1.98. The fourth-order valence-corrected chi connectivity index (χ4v) is 0.579. The molecule has 2 heteroatoms. The predicted octanol–water partition coefficient (Wildman–Crippen LogP) is 1.56. The number of carbonyl (C=O) groups excluding carboxylic acids is 1.